The largest absolute Gasteiger partial charge is 0.455 e. The predicted molar refractivity (Wildman–Crippen MR) is 237 cm³/mol. The Hall–Kier alpha value is -7.42. The molecule has 0 fully saturated rings. The Balaban J connectivity index is 1.12. The van der Waals surface area contributed by atoms with Gasteiger partial charge in [-0.05, 0) is 92.5 Å². The fourth-order valence-corrected chi connectivity index (χ4v) is 9.24. The monoisotopic (exact) mass is 727 g/mol. The van der Waals surface area contributed by atoms with Crippen molar-refractivity contribution in [1.29, 1.82) is 0 Å². The summed E-state index contributed by atoms with van der Waals surface area (Å²) in [5.74, 6) is 0. The summed E-state index contributed by atoms with van der Waals surface area (Å²) in [6, 6.07) is 81.2. The summed E-state index contributed by atoms with van der Waals surface area (Å²) in [6.45, 7) is 0. The molecule has 2 nitrogen and oxygen atoms in total. The van der Waals surface area contributed by atoms with E-state index in [1.165, 1.54) is 44.5 Å². The molecule has 0 atom stereocenters. The minimum absolute atomic E-state index is 0.458. The zero-order valence-corrected chi connectivity index (χ0v) is 31.2. The van der Waals surface area contributed by atoms with Gasteiger partial charge < -0.3 is 9.32 Å². The lowest BCUT2D eigenvalue weighted by molar-refractivity contribution is 0.670. The molecule has 1 heterocycles. The number of para-hydroxylation sites is 2. The van der Waals surface area contributed by atoms with Crippen molar-refractivity contribution in [3.8, 4) is 33.4 Å². The fourth-order valence-electron chi connectivity index (χ4n) is 9.24. The predicted octanol–water partition coefficient (Wildman–Crippen LogP) is 14.8. The second kappa shape index (κ2) is 13.4. The zero-order chi connectivity index (χ0) is 37.8. The van der Waals surface area contributed by atoms with Crippen molar-refractivity contribution in [2.24, 2.45) is 0 Å². The topological polar surface area (TPSA) is 16.4 Å². The van der Waals surface area contributed by atoms with Crippen LogP contribution in [0.15, 0.2) is 229 Å². The summed E-state index contributed by atoms with van der Waals surface area (Å²) in [5, 5.41) is 2.26. The molecule has 1 aliphatic rings. The third-order valence-corrected chi connectivity index (χ3v) is 11.8. The van der Waals surface area contributed by atoms with E-state index < -0.39 is 5.41 Å². The first-order chi connectivity index (χ1) is 28.3. The van der Waals surface area contributed by atoms with Crippen LogP contribution in [0.3, 0.4) is 0 Å². The highest BCUT2D eigenvalue weighted by molar-refractivity contribution is 6.09. The van der Waals surface area contributed by atoms with Gasteiger partial charge in [-0.3, -0.25) is 0 Å². The van der Waals surface area contributed by atoms with E-state index in [9.17, 15) is 0 Å². The first kappa shape index (κ1) is 33.0. The fraction of sp³-hybridized carbons (Fsp3) is 0.0182. The Morgan fingerprint density at radius 3 is 1.65 bits per heavy atom. The van der Waals surface area contributed by atoms with Gasteiger partial charge in [0.05, 0.1) is 5.41 Å². The molecule has 0 saturated heterocycles. The van der Waals surface area contributed by atoms with Crippen molar-refractivity contribution in [1.82, 2.24) is 0 Å². The molecule has 0 bridgehead atoms. The van der Waals surface area contributed by atoms with E-state index in [0.29, 0.717) is 0 Å². The quantitative estimate of drug-likeness (QED) is 0.163. The SMILES string of the molecule is c1ccc(-c2ccc(N(c3cccc(-c4cccc5c4oc4ccccc45)c3)c3ccc4c(c3)-c3ccccc3C4(c3ccccc3)c3ccccc3)cc2)cc1. The van der Waals surface area contributed by atoms with Gasteiger partial charge in [-0.1, -0.05) is 182 Å². The van der Waals surface area contributed by atoms with Gasteiger partial charge in [0.2, 0.25) is 0 Å². The van der Waals surface area contributed by atoms with Gasteiger partial charge in [0, 0.05) is 33.4 Å². The van der Waals surface area contributed by atoms with E-state index in [1.54, 1.807) is 0 Å². The number of nitrogens with zero attached hydrogens (tertiary/aromatic N) is 1. The van der Waals surface area contributed by atoms with Gasteiger partial charge >= 0.3 is 0 Å². The van der Waals surface area contributed by atoms with Crippen LogP contribution in [-0.2, 0) is 5.41 Å². The van der Waals surface area contributed by atoms with E-state index in [2.05, 4.69) is 217 Å². The molecule has 0 unspecified atom stereocenters. The third-order valence-electron chi connectivity index (χ3n) is 11.8. The highest BCUT2D eigenvalue weighted by atomic mass is 16.3. The highest BCUT2D eigenvalue weighted by Crippen LogP contribution is 2.57. The molecule has 10 aromatic rings. The lowest BCUT2D eigenvalue weighted by Gasteiger charge is -2.34. The second-order valence-corrected chi connectivity index (χ2v) is 14.8. The van der Waals surface area contributed by atoms with Crippen LogP contribution >= 0.6 is 0 Å². The van der Waals surface area contributed by atoms with Gasteiger partial charge in [0.15, 0.2) is 0 Å². The molecule has 0 saturated carbocycles. The summed E-state index contributed by atoms with van der Waals surface area (Å²) in [7, 11) is 0. The molecule has 9 aromatic carbocycles. The maximum atomic E-state index is 6.53. The zero-order valence-electron chi connectivity index (χ0n) is 31.2. The maximum Gasteiger partial charge on any atom is 0.143 e. The molecule has 0 spiro atoms. The van der Waals surface area contributed by atoms with Gasteiger partial charge in [0.1, 0.15) is 11.2 Å². The standard InChI is InChI=1S/C55H37NO/c1-4-16-38(17-5-1)39-30-32-43(33-31-39)56(44-23-14-18-40(36-44)46-26-15-27-49-48-25-11-13-29-53(48)57-54(46)49)45-34-35-52-50(37-45)47-24-10-12-28-51(47)55(52,41-19-6-2-7-20-41)42-21-8-3-9-22-42/h1-37H. The number of fused-ring (bicyclic) bond motifs is 6. The smallest absolute Gasteiger partial charge is 0.143 e. The average Bonchev–Trinajstić information content (AvgIpc) is 3.82. The molecule has 0 amide bonds. The molecule has 0 radical (unpaired) electrons. The molecule has 1 aromatic heterocycles. The first-order valence-electron chi connectivity index (χ1n) is 19.6. The summed E-state index contributed by atoms with van der Waals surface area (Å²) < 4.78 is 6.53. The molecular weight excluding hydrogens is 691 g/mol. The Bertz CT molecular complexity index is 3020. The van der Waals surface area contributed by atoms with Crippen LogP contribution in [0, 0.1) is 0 Å². The van der Waals surface area contributed by atoms with Crippen LogP contribution in [0.25, 0.3) is 55.3 Å². The van der Waals surface area contributed by atoms with Crippen LogP contribution in [-0.4, -0.2) is 0 Å². The Labute approximate surface area is 332 Å². The van der Waals surface area contributed by atoms with E-state index in [0.717, 1.165) is 50.1 Å². The Morgan fingerprint density at radius 2 is 0.877 bits per heavy atom. The molecule has 2 heteroatoms. The summed E-state index contributed by atoms with van der Waals surface area (Å²) in [4.78, 5) is 2.39. The first-order valence-corrected chi connectivity index (χ1v) is 19.6. The van der Waals surface area contributed by atoms with E-state index >= 15 is 0 Å². The van der Waals surface area contributed by atoms with Crippen molar-refractivity contribution in [2.75, 3.05) is 4.90 Å². The van der Waals surface area contributed by atoms with Gasteiger partial charge in [-0.15, -0.1) is 0 Å². The maximum absolute atomic E-state index is 6.53. The number of furan rings is 1. The minimum Gasteiger partial charge on any atom is -0.455 e. The summed E-state index contributed by atoms with van der Waals surface area (Å²) in [5.41, 5.74) is 16.7. The number of rotatable bonds is 7. The lowest BCUT2D eigenvalue weighted by atomic mass is 9.68. The van der Waals surface area contributed by atoms with Crippen molar-refractivity contribution in [3.63, 3.8) is 0 Å². The van der Waals surface area contributed by atoms with Gasteiger partial charge in [0.25, 0.3) is 0 Å². The highest BCUT2D eigenvalue weighted by Gasteiger charge is 2.46. The summed E-state index contributed by atoms with van der Waals surface area (Å²) >= 11 is 0. The van der Waals surface area contributed by atoms with Gasteiger partial charge in [-0.2, -0.15) is 0 Å². The normalized spacial score (nSPS) is 12.7. The van der Waals surface area contributed by atoms with Crippen LogP contribution in [0.1, 0.15) is 22.3 Å². The van der Waals surface area contributed by atoms with Crippen molar-refractivity contribution in [2.45, 2.75) is 5.41 Å². The molecular formula is C55H37NO. The Morgan fingerprint density at radius 1 is 0.333 bits per heavy atom. The van der Waals surface area contributed by atoms with E-state index in [4.69, 9.17) is 4.42 Å². The molecule has 11 rings (SSSR count). The van der Waals surface area contributed by atoms with Crippen LogP contribution in [0.4, 0.5) is 17.1 Å². The van der Waals surface area contributed by atoms with Crippen molar-refractivity contribution in [3.05, 3.63) is 247 Å². The molecule has 1 aliphatic carbocycles. The second-order valence-electron chi connectivity index (χ2n) is 14.8. The van der Waals surface area contributed by atoms with Crippen LogP contribution in [0.5, 0.6) is 0 Å². The van der Waals surface area contributed by atoms with Crippen molar-refractivity contribution >= 4 is 39.0 Å². The molecule has 57 heavy (non-hydrogen) atoms. The van der Waals surface area contributed by atoms with Gasteiger partial charge in [-0.25, -0.2) is 0 Å². The van der Waals surface area contributed by atoms with Crippen LogP contribution < -0.4 is 4.90 Å². The van der Waals surface area contributed by atoms with E-state index in [-0.39, 0.29) is 0 Å². The average molecular weight is 728 g/mol. The van der Waals surface area contributed by atoms with Crippen molar-refractivity contribution < 1.29 is 4.42 Å². The van der Waals surface area contributed by atoms with Crippen LogP contribution in [0.2, 0.25) is 0 Å². The molecule has 0 aliphatic heterocycles. The number of benzene rings is 9. The van der Waals surface area contributed by atoms with E-state index in [1.807, 2.05) is 12.1 Å². The third kappa shape index (κ3) is 5.26. The number of anilines is 3. The molecule has 268 valence electrons. The lowest BCUT2D eigenvalue weighted by Crippen LogP contribution is -2.28. The summed E-state index contributed by atoms with van der Waals surface area (Å²) in [6.07, 6.45) is 0. The number of hydrogen-bond acceptors (Lipinski definition) is 2. The Kier molecular flexibility index (Phi) is 7.75. The number of hydrogen-bond donors (Lipinski definition) is 0. The minimum atomic E-state index is -0.458. The molecule has 0 N–H and O–H groups in total.